The summed E-state index contributed by atoms with van der Waals surface area (Å²) in [7, 11) is 3.82. The van der Waals surface area contributed by atoms with Gasteiger partial charge in [-0.25, -0.2) is 4.98 Å². The summed E-state index contributed by atoms with van der Waals surface area (Å²) in [5.41, 5.74) is 2.24. The van der Waals surface area contributed by atoms with Gasteiger partial charge in [0.25, 0.3) is 0 Å². The van der Waals surface area contributed by atoms with Crippen molar-refractivity contribution in [1.82, 2.24) is 15.6 Å². The second kappa shape index (κ2) is 6.02. The minimum Gasteiger partial charge on any atom is -0.352 e. The quantitative estimate of drug-likeness (QED) is 0.797. The number of nitrogens with one attached hydrogen (secondary N) is 2. The molecule has 1 aromatic rings. The predicted molar refractivity (Wildman–Crippen MR) is 76.2 cm³/mol. The lowest BCUT2D eigenvalue weighted by atomic mass is 10.2. The summed E-state index contributed by atoms with van der Waals surface area (Å²) in [5, 5.41) is 6.09. The summed E-state index contributed by atoms with van der Waals surface area (Å²) >= 11 is 0. The molecule has 0 aromatic carbocycles. The lowest BCUT2D eigenvalue weighted by Gasteiger charge is -2.20. The first-order valence-electron chi connectivity index (χ1n) is 6.70. The first-order chi connectivity index (χ1) is 9.10. The first-order valence-corrected chi connectivity index (χ1v) is 6.70. The Morgan fingerprint density at radius 1 is 1.53 bits per heavy atom. The van der Waals surface area contributed by atoms with Gasteiger partial charge in [0.05, 0.1) is 6.54 Å². The van der Waals surface area contributed by atoms with Gasteiger partial charge in [-0.3, -0.25) is 4.79 Å². The molecule has 0 aliphatic heterocycles. The van der Waals surface area contributed by atoms with Gasteiger partial charge in [-0.15, -0.1) is 0 Å². The van der Waals surface area contributed by atoms with E-state index in [9.17, 15) is 4.79 Å². The summed E-state index contributed by atoms with van der Waals surface area (Å²) in [6.45, 7) is 3.19. The van der Waals surface area contributed by atoms with Crippen molar-refractivity contribution in [2.75, 3.05) is 25.5 Å². The Morgan fingerprint density at radius 3 is 2.84 bits per heavy atom. The number of amides is 1. The van der Waals surface area contributed by atoms with Crippen LogP contribution in [0.1, 0.15) is 24.0 Å². The molecule has 104 valence electrons. The van der Waals surface area contributed by atoms with E-state index in [-0.39, 0.29) is 5.91 Å². The number of nitrogens with zero attached hydrogens (tertiary/aromatic N) is 2. The SMILES string of the molecule is CNCc1cnc(N(C)CC(=O)NC2CC2)c(C)c1. The number of hydrogen-bond donors (Lipinski definition) is 2. The Kier molecular flexibility index (Phi) is 4.37. The molecule has 0 saturated heterocycles. The van der Waals surface area contributed by atoms with E-state index in [1.54, 1.807) is 0 Å². The van der Waals surface area contributed by atoms with E-state index in [2.05, 4.69) is 21.7 Å². The Labute approximate surface area is 114 Å². The fourth-order valence-electron chi connectivity index (χ4n) is 2.12. The molecule has 1 saturated carbocycles. The van der Waals surface area contributed by atoms with Crippen LogP contribution in [0.3, 0.4) is 0 Å². The molecule has 1 heterocycles. The summed E-state index contributed by atoms with van der Waals surface area (Å²) in [6, 6.07) is 2.52. The summed E-state index contributed by atoms with van der Waals surface area (Å²) in [6.07, 6.45) is 4.09. The molecule has 0 unspecified atom stereocenters. The second-order valence-electron chi connectivity index (χ2n) is 5.21. The topological polar surface area (TPSA) is 57.3 Å². The maximum atomic E-state index is 11.8. The zero-order chi connectivity index (χ0) is 13.8. The van der Waals surface area contributed by atoms with Crippen LogP contribution in [0.4, 0.5) is 5.82 Å². The van der Waals surface area contributed by atoms with Gasteiger partial charge in [-0.2, -0.15) is 0 Å². The molecule has 0 radical (unpaired) electrons. The minimum atomic E-state index is 0.0745. The normalized spacial score (nSPS) is 14.3. The number of likely N-dealkylation sites (N-methyl/N-ethyl adjacent to an activating group) is 1. The fourth-order valence-corrected chi connectivity index (χ4v) is 2.12. The standard InChI is InChI=1S/C14H22N4O/c1-10-6-11(7-15-2)8-16-14(10)18(3)9-13(19)17-12-4-5-12/h6,8,12,15H,4-5,7,9H2,1-3H3,(H,17,19). The molecule has 5 heteroatoms. The number of pyridine rings is 1. The van der Waals surface area contributed by atoms with Gasteiger partial charge in [0.2, 0.25) is 5.91 Å². The zero-order valence-corrected chi connectivity index (χ0v) is 11.9. The molecule has 1 aliphatic carbocycles. The molecule has 19 heavy (non-hydrogen) atoms. The third-order valence-electron chi connectivity index (χ3n) is 3.17. The van der Waals surface area contributed by atoms with Crippen LogP contribution < -0.4 is 15.5 Å². The molecule has 1 amide bonds. The monoisotopic (exact) mass is 262 g/mol. The molecule has 2 N–H and O–H groups in total. The van der Waals surface area contributed by atoms with Crippen molar-refractivity contribution in [3.05, 3.63) is 23.4 Å². The van der Waals surface area contributed by atoms with Crippen molar-refractivity contribution < 1.29 is 4.79 Å². The summed E-state index contributed by atoms with van der Waals surface area (Å²) in [4.78, 5) is 18.1. The van der Waals surface area contributed by atoms with Crippen LogP contribution in [0.2, 0.25) is 0 Å². The van der Waals surface area contributed by atoms with Crippen molar-refractivity contribution in [3.63, 3.8) is 0 Å². The van der Waals surface area contributed by atoms with Crippen LogP contribution in [0.5, 0.6) is 0 Å². The fraction of sp³-hybridized carbons (Fsp3) is 0.571. The third kappa shape index (κ3) is 3.92. The largest absolute Gasteiger partial charge is 0.352 e. The zero-order valence-electron chi connectivity index (χ0n) is 11.9. The van der Waals surface area contributed by atoms with Gasteiger partial charge in [0.1, 0.15) is 5.82 Å². The van der Waals surface area contributed by atoms with E-state index in [0.29, 0.717) is 12.6 Å². The maximum absolute atomic E-state index is 11.8. The molecule has 5 nitrogen and oxygen atoms in total. The number of anilines is 1. The van der Waals surface area contributed by atoms with Crippen LogP contribution in [-0.2, 0) is 11.3 Å². The van der Waals surface area contributed by atoms with E-state index in [1.165, 1.54) is 0 Å². The van der Waals surface area contributed by atoms with Crippen molar-refractivity contribution in [1.29, 1.82) is 0 Å². The number of carbonyl (C=O) groups excluding carboxylic acids is 1. The first kappa shape index (κ1) is 13.8. The van der Waals surface area contributed by atoms with Crippen molar-refractivity contribution in [2.45, 2.75) is 32.4 Å². The Hall–Kier alpha value is -1.62. The highest BCUT2D eigenvalue weighted by molar-refractivity contribution is 5.81. The number of rotatable bonds is 6. The Morgan fingerprint density at radius 2 is 2.26 bits per heavy atom. The molecule has 2 rings (SSSR count). The smallest absolute Gasteiger partial charge is 0.239 e. The van der Waals surface area contributed by atoms with E-state index in [0.717, 1.165) is 36.3 Å². The highest BCUT2D eigenvalue weighted by atomic mass is 16.2. The number of aromatic nitrogens is 1. The van der Waals surface area contributed by atoms with Crippen LogP contribution in [-0.4, -0.2) is 37.6 Å². The molecule has 1 aliphatic rings. The average molecular weight is 262 g/mol. The van der Waals surface area contributed by atoms with E-state index >= 15 is 0 Å². The predicted octanol–water partition coefficient (Wildman–Crippen LogP) is 0.824. The second-order valence-corrected chi connectivity index (χ2v) is 5.21. The summed E-state index contributed by atoms with van der Waals surface area (Å²) in [5.74, 6) is 0.941. The third-order valence-corrected chi connectivity index (χ3v) is 3.17. The minimum absolute atomic E-state index is 0.0745. The van der Waals surface area contributed by atoms with Crippen molar-refractivity contribution in [2.24, 2.45) is 0 Å². The number of aryl methyl sites for hydroxylation is 1. The molecule has 1 aromatic heterocycles. The van der Waals surface area contributed by atoms with Gasteiger partial charge in [0, 0.05) is 25.8 Å². The van der Waals surface area contributed by atoms with Crippen LogP contribution >= 0.6 is 0 Å². The molecule has 1 fully saturated rings. The van der Waals surface area contributed by atoms with Crippen LogP contribution in [0.25, 0.3) is 0 Å². The molecule has 0 spiro atoms. The highest BCUT2D eigenvalue weighted by Gasteiger charge is 2.23. The lowest BCUT2D eigenvalue weighted by Crippen LogP contribution is -2.36. The van der Waals surface area contributed by atoms with E-state index in [1.807, 2.05) is 32.1 Å². The van der Waals surface area contributed by atoms with Crippen molar-refractivity contribution >= 4 is 11.7 Å². The lowest BCUT2D eigenvalue weighted by molar-refractivity contribution is -0.119. The van der Waals surface area contributed by atoms with Gasteiger partial charge in [-0.05, 0) is 44.0 Å². The number of carbonyl (C=O) groups is 1. The Balaban J connectivity index is 1.97. The molecular weight excluding hydrogens is 240 g/mol. The van der Waals surface area contributed by atoms with Gasteiger partial charge in [-0.1, -0.05) is 0 Å². The number of hydrogen-bond acceptors (Lipinski definition) is 4. The van der Waals surface area contributed by atoms with Gasteiger partial charge in [0.15, 0.2) is 0 Å². The van der Waals surface area contributed by atoms with Crippen LogP contribution in [0.15, 0.2) is 12.3 Å². The Bertz CT molecular complexity index is 457. The van der Waals surface area contributed by atoms with Gasteiger partial charge >= 0.3 is 0 Å². The molecular formula is C14H22N4O. The maximum Gasteiger partial charge on any atom is 0.239 e. The average Bonchev–Trinajstić information content (AvgIpc) is 3.13. The summed E-state index contributed by atoms with van der Waals surface area (Å²) < 4.78 is 0. The van der Waals surface area contributed by atoms with Crippen molar-refractivity contribution in [3.8, 4) is 0 Å². The molecule has 0 atom stereocenters. The highest BCUT2D eigenvalue weighted by Crippen LogP contribution is 2.19. The van der Waals surface area contributed by atoms with Crippen LogP contribution in [0, 0.1) is 6.92 Å². The molecule has 0 bridgehead atoms. The van der Waals surface area contributed by atoms with Gasteiger partial charge < -0.3 is 15.5 Å². The van der Waals surface area contributed by atoms with E-state index in [4.69, 9.17) is 0 Å². The van der Waals surface area contributed by atoms with E-state index < -0.39 is 0 Å².